The summed E-state index contributed by atoms with van der Waals surface area (Å²) in [7, 11) is 0. The van der Waals surface area contributed by atoms with Crippen LogP contribution in [0.4, 0.5) is 10.1 Å². The van der Waals surface area contributed by atoms with E-state index in [2.05, 4.69) is 15.6 Å². The van der Waals surface area contributed by atoms with Gasteiger partial charge in [0.05, 0.1) is 11.1 Å². The minimum absolute atomic E-state index is 0.0267. The molecule has 1 N–H and O–H groups in total. The van der Waals surface area contributed by atoms with Crippen LogP contribution in [0.5, 0.6) is 0 Å². The van der Waals surface area contributed by atoms with Crippen LogP contribution < -0.4 is 10.9 Å². The predicted octanol–water partition coefficient (Wildman–Crippen LogP) is 2.22. The van der Waals surface area contributed by atoms with Gasteiger partial charge >= 0.3 is 0 Å². The number of nitrogens with zero attached hydrogens (tertiary/aromatic N) is 3. The van der Waals surface area contributed by atoms with Crippen LogP contribution in [0.1, 0.15) is 0 Å². The maximum Gasteiger partial charge on any atom is 0.278 e. The van der Waals surface area contributed by atoms with Gasteiger partial charge in [0.15, 0.2) is 0 Å². The Morgan fingerprint density at radius 1 is 1.26 bits per heavy atom. The summed E-state index contributed by atoms with van der Waals surface area (Å²) in [5.74, 6) is -1.26. The highest BCUT2D eigenvalue weighted by atomic mass is 35.5. The topological polar surface area (TPSA) is 76.9 Å². The maximum atomic E-state index is 13.6. The quantitative estimate of drug-likeness (QED) is 0.798. The fourth-order valence-corrected chi connectivity index (χ4v) is 2.20. The van der Waals surface area contributed by atoms with E-state index in [-0.39, 0.29) is 17.3 Å². The van der Waals surface area contributed by atoms with Crippen LogP contribution in [0.25, 0.3) is 10.9 Å². The molecule has 8 heteroatoms. The van der Waals surface area contributed by atoms with E-state index in [1.807, 2.05) is 0 Å². The number of fused-ring (bicyclic) bond motifs is 1. The van der Waals surface area contributed by atoms with E-state index < -0.39 is 17.3 Å². The molecule has 2 aromatic carbocycles. The number of benzene rings is 2. The van der Waals surface area contributed by atoms with E-state index in [0.29, 0.717) is 10.9 Å². The number of halogens is 2. The summed E-state index contributed by atoms with van der Waals surface area (Å²) >= 11 is 5.64. The zero-order valence-corrected chi connectivity index (χ0v) is 12.4. The first-order valence-electron chi connectivity index (χ1n) is 6.62. The van der Waals surface area contributed by atoms with Crippen LogP contribution in [-0.2, 0) is 11.3 Å². The molecule has 0 atom stereocenters. The van der Waals surface area contributed by atoms with E-state index in [1.165, 1.54) is 12.1 Å². The molecule has 0 aliphatic carbocycles. The average molecular weight is 333 g/mol. The Bertz CT molecular complexity index is 958. The largest absolute Gasteiger partial charge is 0.322 e. The molecule has 0 unspecified atom stereocenters. The first-order chi connectivity index (χ1) is 11.0. The second-order valence-electron chi connectivity index (χ2n) is 4.74. The number of anilines is 1. The summed E-state index contributed by atoms with van der Waals surface area (Å²) in [4.78, 5) is 24.2. The highest BCUT2D eigenvalue weighted by Crippen LogP contribution is 2.18. The summed E-state index contributed by atoms with van der Waals surface area (Å²) in [5.41, 5.74) is -0.0265. The SMILES string of the molecule is O=C(Cn1nnc2ccccc2c1=O)Nc1ccc(Cl)cc1F. The fourth-order valence-electron chi connectivity index (χ4n) is 2.04. The van der Waals surface area contributed by atoms with E-state index in [1.54, 1.807) is 24.3 Å². The third-order valence-electron chi connectivity index (χ3n) is 3.13. The average Bonchev–Trinajstić information content (AvgIpc) is 2.53. The Balaban J connectivity index is 1.83. The first-order valence-corrected chi connectivity index (χ1v) is 7.00. The van der Waals surface area contributed by atoms with Crippen molar-refractivity contribution in [2.45, 2.75) is 6.54 Å². The molecule has 1 heterocycles. The van der Waals surface area contributed by atoms with Crippen molar-refractivity contribution < 1.29 is 9.18 Å². The molecule has 0 aliphatic rings. The van der Waals surface area contributed by atoms with E-state index >= 15 is 0 Å². The molecule has 0 saturated carbocycles. The van der Waals surface area contributed by atoms with Crippen molar-refractivity contribution in [3.8, 4) is 0 Å². The van der Waals surface area contributed by atoms with Gasteiger partial charge in [-0.15, -0.1) is 5.10 Å². The Labute approximate surface area is 134 Å². The summed E-state index contributed by atoms with van der Waals surface area (Å²) in [6.45, 7) is -0.376. The van der Waals surface area contributed by atoms with Gasteiger partial charge in [0.25, 0.3) is 5.56 Å². The third kappa shape index (κ3) is 3.19. The lowest BCUT2D eigenvalue weighted by atomic mass is 10.2. The predicted molar refractivity (Wildman–Crippen MR) is 83.8 cm³/mol. The Morgan fingerprint density at radius 3 is 2.83 bits per heavy atom. The molecule has 0 spiro atoms. The highest BCUT2D eigenvalue weighted by Gasteiger charge is 2.11. The molecular formula is C15H10ClFN4O2. The molecule has 116 valence electrons. The monoisotopic (exact) mass is 332 g/mol. The van der Waals surface area contributed by atoms with Crippen molar-refractivity contribution in [2.75, 3.05) is 5.32 Å². The van der Waals surface area contributed by atoms with Gasteiger partial charge in [-0.2, -0.15) is 0 Å². The van der Waals surface area contributed by atoms with Gasteiger partial charge in [-0.25, -0.2) is 9.07 Å². The van der Waals surface area contributed by atoms with Gasteiger partial charge in [0.1, 0.15) is 17.9 Å². The number of nitrogens with one attached hydrogen (secondary N) is 1. The molecule has 6 nitrogen and oxygen atoms in total. The number of carbonyl (C=O) groups excluding carboxylic acids is 1. The van der Waals surface area contributed by atoms with Gasteiger partial charge in [-0.1, -0.05) is 28.9 Å². The second kappa shape index (κ2) is 6.13. The van der Waals surface area contributed by atoms with Crippen LogP contribution in [0.15, 0.2) is 47.3 Å². The summed E-state index contributed by atoms with van der Waals surface area (Å²) in [6, 6.07) is 10.5. The molecule has 3 rings (SSSR count). The van der Waals surface area contributed by atoms with Crippen LogP contribution in [-0.4, -0.2) is 20.9 Å². The minimum atomic E-state index is -0.664. The number of amides is 1. The Morgan fingerprint density at radius 2 is 2.04 bits per heavy atom. The van der Waals surface area contributed by atoms with Gasteiger partial charge in [0, 0.05) is 5.02 Å². The number of rotatable bonds is 3. The molecular weight excluding hydrogens is 323 g/mol. The van der Waals surface area contributed by atoms with Crippen molar-refractivity contribution in [2.24, 2.45) is 0 Å². The summed E-state index contributed by atoms with van der Waals surface area (Å²) in [5, 5.41) is 10.5. The van der Waals surface area contributed by atoms with Crippen LogP contribution >= 0.6 is 11.6 Å². The minimum Gasteiger partial charge on any atom is -0.322 e. The molecule has 3 aromatic rings. The van der Waals surface area contributed by atoms with Crippen LogP contribution in [0.2, 0.25) is 5.02 Å². The number of hydrogen-bond acceptors (Lipinski definition) is 4. The summed E-state index contributed by atoms with van der Waals surface area (Å²) in [6.07, 6.45) is 0. The van der Waals surface area contributed by atoms with E-state index in [9.17, 15) is 14.0 Å². The molecule has 0 aliphatic heterocycles. The standard InChI is InChI=1S/C15H10ClFN4O2/c16-9-5-6-13(11(17)7-9)18-14(22)8-21-15(23)10-3-1-2-4-12(10)19-20-21/h1-7H,8H2,(H,18,22). The fraction of sp³-hybridized carbons (Fsp3) is 0.0667. The summed E-state index contributed by atoms with van der Waals surface area (Å²) < 4.78 is 14.6. The Kier molecular flexibility index (Phi) is 4.03. The third-order valence-corrected chi connectivity index (χ3v) is 3.36. The zero-order valence-electron chi connectivity index (χ0n) is 11.7. The van der Waals surface area contributed by atoms with Gasteiger partial charge in [-0.05, 0) is 30.3 Å². The normalized spacial score (nSPS) is 10.7. The van der Waals surface area contributed by atoms with Crippen LogP contribution in [0, 0.1) is 5.82 Å². The molecule has 0 bridgehead atoms. The molecule has 0 fully saturated rings. The number of carbonyl (C=O) groups is 1. The molecule has 1 aromatic heterocycles. The smallest absolute Gasteiger partial charge is 0.278 e. The molecule has 0 radical (unpaired) electrons. The second-order valence-corrected chi connectivity index (χ2v) is 5.18. The van der Waals surface area contributed by atoms with E-state index in [0.717, 1.165) is 10.7 Å². The van der Waals surface area contributed by atoms with Crippen molar-refractivity contribution in [1.82, 2.24) is 15.0 Å². The van der Waals surface area contributed by atoms with Gasteiger partial charge in [0.2, 0.25) is 5.91 Å². The highest BCUT2D eigenvalue weighted by molar-refractivity contribution is 6.30. The van der Waals surface area contributed by atoms with Gasteiger partial charge < -0.3 is 5.32 Å². The number of hydrogen-bond donors (Lipinski definition) is 1. The van der Waals surface area contributed by atoms with E-state index in [4.69, 9.17) is 11.6 Å². The maximum absolute atomic E-state index is 13.6. The molecule has 23 heavy (non-hydrogen) atoms. The van der Waals surface area contributed by atoms with Crippen molar-refractivity contribution in [1.29, 1.82) is 0 Å². The number of aromatic nitrogens is 3. The lowest BCUT2D eigenvalue weighted by Crippen LogP contribution is -2.30. The lowest BCUT2D eigenvalue weighted by Gasteiger charge is -2.07. The van der Waals surface area contributed by atoms with Crippen molar-refractivity contribution in [3.63, 3.8) is 0 Å². The van der Waals surface area contributed by atoms with Crippen molar-refractivity contribution in [3.05, 3.63) is 63.7 Å². The lowest BCUT2D eigenvalue weighted by molar-refractivity contribution is -0.117. The zero-order chi connectivity index (χ0) is 16.4. The van der Waals surface area contributed by atoms with Crippen molar-refractivity contribution >= 4 is 34.1 Å². The molecule has 0 saturated heterocycles. The molecule has 1 amide bonds. The Hall–Kier alpha value is -2.80. The van der Waals surface area contributed by atoms with Gasteiger partial charge in [-0.3, -0.25) is 9.59 Å². The first kappa shape index (κ1) is 15.1. The van der Waals surface area contributed by atoms with Crippen LogP contribution in [0.3, 0.4) is 0 Å².